The molecule has 1 aliphatic rings. The molecule has 1 unspecified atom stereocenters. The minimum absolute atomic E-state index is 0.712. The Bertz CT molecular complexity index is 126. The second kappa shape index (κ2) is 4.39. The van der Waals surface area contributed by atoms with Crippen molar-refractivity contribution in [1.82, 2.24) is 5.32 Å². The van der Waals surface area contributed by atoms with Gasteiger partial charge in [0.2, 0.25) is 0 Å². The van der Waals surface area contributed by atoms with Crippen molar-refractivity contribution >= 4 is 0 Å². The van der Waals surface area contributed by atoms with Crippen LogP contribution in [0.15, 0.2) is 12.3 Å². The fourth-order valence-corrected chi connectivity index (χ4v) is 1.63. The van der Waals surface area contributed by atoms with Gasteiger partial charge in [-0.2, -0.15) is 0 Å². The monoisotopic (exact) mass is 155 g/mol. The average molecular weight is 155 g/mol. The minimum Gasteiger partial charge on any atom is -0.389 e. The van der Waals surface area contributed by atoms with E-state index in [1.807, 2.05) is 0 Å². The first-order chi connectivity index (χ1) is 5.34. The fraction of sp³-hybridized carbons (Fsp3) is 0.778. The van der Waals surface area contributed by atoms with E-state index in [1.54, 1.807) is 0 Å². The van der Waals surface area contributed by atoms with Gasteiger partial charge in [-0.05, 0) is 19.8 Å². The summed E-state index contributed by atoms with van der Waals surface area (Å²) in [5.41, 5.74) is 1.24. The lowest BCUT2D eigenvalue weighted by Gasteiger charge is -2.22. The Balaban J connectivity index is 2.27. The van der Waals surface area contributed by atoms with Gasteiger partial charge in [-0.15, -0.1) is 0 Å². The normalized spacial score (nSPS) is 24.6. The first-order valence-corrected chi connectivity index (χ1v) is 4.59. The van der Waals surface area contributed by atoms with Crippen molar-refractivity contribution in [1.29, 1.82) is 0 Å². The van der Waals surface area contributed by atoms with E-state index in [-0.39, 0.29) is 0 Å². The predicted molar refractivity (Wildman–Crippen MR) is 47.2 cm³/mol. The number of nitrogens with two attached hydrogens (primary N) is 1. The second-order valence-corrected chi connectivity index (χ2v) is 3.21. The Labute approximate surface area is 69.1 Å². The smallest absolute Gasteiger partial charge is 0.0839 e. The summed E-state index contributed by atoms with van der Waals surface area (Å²) >= 11 is 0. The highest BCUT2D eigenvalue weighted by atomic mass is 14.9. The van der Waals surface area contributed by atoms with Crippen LogP contribution in [0.2, 0.25) is 0 Å². The van der Waals surface area contributed by atoms with Crippen molar-refractivity contribution in [2.24, 2.45) is 5.92 Å². The molecule has 1 fully saturated rings. The highest BCUT2D eigenvalue weighted by molar-refractivity contribution is 4.97. The quantitative estimate of drug-likeness (QED) is 0.594. The van der Waals surface area contributed by atoms with E-state index in [0.29, 0.717) is 5.92 Å². The summed E-state index contributed by atoms with van der Waals surface area (Å²) in [5.74, 6) is 0.712. The van der Waals surface area contributed by atoms with E-state index in [1.165, 1.54) is 31.6 Å². The van der Waals surface area contributed by atoms with Crippen molar-refractivity contribution in [2.75, 3.05) is 19.6 Å². The molecule has 2 nitrogen and oxygen atoms in total. The molecule has 3 N–H and O–H groups in total. The van der Waals surface area contributed by atoms with Crippen molar-refractivity contribution in [3.05, 3.63) is 12.3 Å². The molecule has 0 bridgehead atoms. The number of nitrogens with one attached hydrogen (secondary N) is 1. The molecule has 0 aromatic carbocycles. The highest BCUT2D eigenvalue weighted by Crippen LogP contribution is 2.12. The van der Waals surface area contributed by atoms with Crippen LogP contribution in [-0.4, -0.2) is 19.6 Å². The SMILES string of the molecule is C=C(NCC)C1CCC[NH2+]C1. The van der Waals surface area contributed by atoms with Crippen LogP contribution < -0.4 is 10.6 Å². The lowest BCUT2D eigenvalue weighted by Crippen LogP contribution is -2.87. The Kier molecular flexibility index (Phi) is 3.43. The van der Waals surface area contributed by atoms with Crippen molar-refractivity contribution < 1.29 is 5.32 Å². The summed E-state index contributed by atoms with van der Waals surface area (Å²) in [4.78, 5) is 0. The first-order valence-electron chi connectivity index (χ1n) is 4.59. The molecular weight excluding hydrogens is 136 g/mol. The zero-order valence-electron chi connectivity index (χ0n) is 7.40. The molecule has 0 spiro atoms. The summed E-state index contributed by atoms with van der Waals surface area (Å²) in [5, 5.41) is 5.69. The summed E-state index contributed by atoms with van der Waals surface area (Å²) in [6.07, 6.45) is 2.66. The third-order valence-corrected chi connectivity index (χ3v) is 2.31. The van der Waals surface area contributed by atoms with E-state index in [9.17, 15) is 0 Å². The largest absolute Gasteiger partial charge is 0.389 e. The minimum atomic E-state index is 0.712. The van der Waals surface area contributed by atoms with Gasteiger partial charge in [0.15, 0.2) is 0 Å². The van der Waals surface area contributed by atoms with Crippen molar-refractivity contribution in [3.63, 3.8) is 0 Å². The lowest BCUT2D eigenvalue weighted by atomic mass is 9.97. The van der Waals surface area contributed by atoms with E-state index in [0.717, 1.165) is 6.54 Å². The van der Waals surface area contributed by atoms with Crippen LogP contribution in [0.1, 0.15) is 19.8 Å². The molecule has 1 rings (SSSR count). The Morgan fingerprint density at radius 1 is 1.73 bits per heavy atom. The zero-order valence-corrected chi connectivity index (χ0v) is 7.40. The molecule has 0 aromatic rings. The topological polar surface area (TPSA) is 28.6 Å². The third kappa shape index (κ3) is 2.54. The molecule has 1 aliphatic heterocycles. The van der Waals surface area contributed by atoms with Crippen LogP contribution >= 0.6 is 0 Å². The maximum atomic E-state index is 4.04. The van der Waals surface area contributed by atoms with E-state index < -0.39 is 0 Å². The van der Waals surface area contributed by atoms with Crippen LogP contribution in [0.3, 0.4) is 0 Å². The van der Waals surface area contributed by atoms with Crippen molar-refractivity contribution in [3.8, 4) is 0 Å². The van der Waals surface area contributed by atoms with Crippen LogP contribution in [0, 0.1) is 5.92 Å². The maximum Gasteiger partial charge on any atom is 0.0839 e. The summed E-state index contributed by atoms with van der Waals surface area (Å²) in [7, 11) is 0. The lowest BCUT2D eigenvalue weighted by molar-refractivity contribution is -0.667. The van der Waals surface area contributed by atoms with Crippen LogP contribution in [-0.2, 0) is 0 Å². The fourth-order valence-electron chi connectivity index (χ4n) is 1.63. The molecule has 0 amide bonds. The van der Waals surface area contributed by atoms with Crippen molar-refractivity contribution in [2.45, 2.75) is 19.8 Å². The number of hydrogen-bond acceptors (Lipinski definition) is 1. The zero-order chi connectivity index (χ0) is 8.10. The van der Waals surface area contributed by atoms with Gasteiger partial charge >= 0.3 is 0 Å². The number of quaternary nitrogens is 1. The molecule has 0 saturated carbocycles. The Morgan fingerprint density at radius 2 is 2.55 bits per heavy atom. The van der Waals surface area contributed by atoms with Gasteiger partial charge in [-0.3, -0.25) is 0 Å². The van der Waals surface area contributed by atoms with Gasteiger partial charge in [0.25, 0.3) is 0 Å². The van der Waals surface area contributed by atoms with E-state index >= 15 is 0 Å². The van der Waals surface area contributed by atoms with Crippen LogP contribution in [0.4, 0.5) is 0 Å². The van der Waals surface area contributed by atoms with Crippen LogP contribution in [0.5, 0.6) is 0 Å². The standard InChI is InChI=1S/C9H18N2/c1-3-11-8(2)9-5-4-6-10-7-9/h9-11H,2-7H2,1H3/p+1. The number of piperidine rings is 1. The van der Waals surface area contributed by atoms with Gasteiger partial charge in [-0.1, -0.05) is 6.58 Å². The summed E-state index contributed by atoms with van der Waals surface area (Å²) < 4.78 is 0. The molecule has 1 heterocycles. The van der Waals surface area contributed by atoms with Gasteiger partial charge in [0.1, 0.15) is 0 Å². The number of rotatable bonds is 3. The summed E-state index contributed by atoms with van der Waals surface area (Å²) in [6, 6.07) is 0. The molecule has 0 aromatic heterocycles. The molecule has 11 heavy (non-hydrogen) atoms. The van der Waals surface area contributed by atoms with E-state index in [2.05, 4.69) is 24.1 Å². The highest BCUT2D eigenvalue weighted by Gasteiger charge is 2.17. The van der Waals surface area contributed by atoms with Crippen LogP contribution in [0.25, 0.3) is 0 Å². The van der Waals surface area contributed by atoms with E-state index in [4.69, 9.17) is 0 Å². The molecular formula is C9H19N2+. The van der Waals surface area contributed by atoms with Gasteiger partial charge in [0.05, 0.1) is 13.1 Å². The summed E-state index contributed by atoms with van der Waals surface area (Å²) in [6.45, 7) is 9.70. The maximum absolute atomic E-state index is 4.04. The van der Waals surface area contributed by atoms with Gasteiger partial charge in [0, 0.05) is 18.2 Å². The molecule has 1 atom stereocenters. The second-order valence-electron chi connectivity index (χ2n) is 3.21. The third-order valence-electron chi connectivity index (χ3n) is 2.31. The Morgan fingerprint density at radius 3 is 3.09 bits per heavy atom. The molecule has 2 heteroatoms. The average Bonchev–Trinajstić information content (AvgIpc) is 2.07. The predicted octanol–water partition coefficient (Wildman–Crippen LogP) is 0.0830. The molecule has 64 valence electrons. The molecule has 0 radical (unpaired) electrons. The van der Waals surface area contributed by atoms with Gasteiger partial charge < -0.3 is 10.6 Å². The molecule has 1 saturated heterocycles. The number of hydrogen-bond donors (Lipinski definition) is 2. The first kappa shape index (κ1) is 8.60. The Hall–Kier alpha value is -0.500. The molecule has 0 aliphatic carbocycles. The van der Waals surface area contributed by atoms with Gasteiger partial charge in [-0.25, -0.2) is 0 Å².